The summed E-state index contributed by atoms with van der Waals surface area (Å²) in [6, 6.07) is 21.2. The minimum atomic E-state index is -4.41. The number of aryl methyl sites for hydroxylation is 2. The molecule has 12 heteroatoms. The Balaban J connectivity index is 0.00000387. The number of hydrogen-bond donors (Lipinski definition) is 0. The maximum absolute atomic E-state index is 13.5. The molecule has 2 saturated heterocycles. The van der Waals surface area contributed by atoms with Crippen molar-refractivity contribution in [2.75, 3.05) is 13.7 Å². The highest BCUT2D eigenvalue weighted by atomic mass is 32.2. The molecule has 0 N–H and O–H groups in total. The van der Waals surface area contributed by atoms with Crippen LogP contribution in [0.4, 0.5) is 0 Å². The highest BCUT2D eigenvalue weighted by Gasteiger charge is 2.54. The maximum Gasteiger partial charge on any atom is 0.297 e. The number of fused-ring (bicyclic) bond motifs is 1. The average Bonchev–Trinajstić information content (AvgIpc) is 2.94. The van der Waals surface area contributed by atoms with Crippen LogP contribution < -0.4 is 0 Å². The standard InChI is InChI=1S/C28H30O10S2.CH4/c1-18-9-13-21(14-10-18)39(29,30)37-25-24-23(17-34-27(36-24)20-7-5-4-6-8-20)35-28(33-3)26(25)38-40(31,32)22-15-11-19(2)12-16-22;/h4-16,23-28H,17H2,1-3H3;1H4/t23-,24-,25-,26+,27?,28+;/m1./s1. The van der Waals surface area contributed by atoms with Gasteiger partial charge in [-0.05, 0) is 38.1 Å². The first-order valence-corrected chi connectivity index (χ1v) is 15.4. The molecule has 3 aromatic carbocycles. The molecule has 10 nitrogen and oxygen atoms in total. The summed E-state index contributed by atoms with van der Waals surface area (Å²) in [5.74, 6) is 0. The van der Waals surface area contributed by atoms with E-state index in [-0.39, 0.29) is 23.8 Å². The highest BCUT2D eigenvalue weighted by molar-refractivity contribution is 7.87. The normalized spacial score (nSPS) is 26.5. The second kappa shape index (κ2) is 12.7. The predicted molar refractivity (Wildman–Crippen MR) is 149 cm³/mol. The van der Waals surface area contributed by atoms with Crippen LogP contribution in [0.2, 0.25) is 0 Å². The van der Waals surface area contributed by atoms with E-state index in [0.717, 1.165) is 11.1 Å². The largest absolute Gasteiger partial charge is 0.353 e. The molecule has 222 valence electrons. The van der Waals surface area contributed by atoms with Gasteiger partial charge in [-0.15, -0.1) is 0 Å². The molecule has 2 fully saturated rings. The third-order valence-electron chi connectivity index (χ3n) is 6.68. The first kappa shape index (κ1) is 31.3. The molecule has 6 atom stereocenters. The molecular formula is C29H34O10S2. The molecule has 2 aliphatic rings. The number of benzene rings is 3. The molecule has 41 heavy (non-hydrogen) atoms. The lowest BCUT2D eigenvalue weighted by molar-refractivity contribution is -0.351. The van der Waals surface area contributed by atoms with Gasteiger partial charge in [-0.2, -0.15) is 16.8 Å². The van der Waals surface area contributed by atoms with Gasteiger partial charge in [-0.25, -0.2) is 0 Å². The van der Waals surface area contributed by atoms with Crippen molar-refractivity contribution >= 4 is 20.2 Å². The molecule has 0 radical (unpaired) electrons. The Bertz CT molecular complexity index is 1510. The van der Waals surface area contributed by atoms with Crippen LogP contribution in [-0.2, 0) is 47.5 Å². The topological polar surface area (TPSA) is 124 Å². The van der Waals surface area contributed by atoms with Gasteiger partial charge in [0.15, 0.2) is 18.7 Å². The Kier molecular flexibility index (Phi) is 9.66. The van der Waals surface area contributed by atoms with Crippen molar-refractivity contribution in [1.29, 1.82) is 0 Å². The van der Waals surface area contributed by atoms with Crippen molar-refractivity contribution in [3.8, 4) is 0 Å². The number of hydrogen-bond acceptors (Lipinski definition) is 10. The van der Waals surface area contributed by atoms with Crippen LogP contribution in [0.3, 0.4) is 0 Å². The van der Waals surface area contributed by atoms with E-state index < -0.39 is 57.2 Å². The van der Waals surface area contributed by atoms with E-state index in [2.05, 4.69) is 0 Å². The number of ether oxygens (including phenoxy) is 4. The fourth-order valence-electron chi connectivity index (χ4n) is 4.54. The van der Waals surface area contributed by atoms with Gasteiger partial charge >= 0.3 is 0 Å². The van der Waals surface area contributed by atoms with E-state index >= 15 is 0 Å². The summed E-state index contributed by atoms with van der Waals surface area (Å²) in [5, 5.41) is 0. The molecule has 0 amide bonds. The third-order valence-corrected chi connectivity index (χ3v) is 9.33. The van der Waals surface area contributed by atoms with Gasteiger partial charge in [0.25, 0.3) is 20.2 Å². The second-order valence-corrected chi connectivity index (χ2v) is 12.8. The van der Waals surface area contributed by atoms with Crippen molar-refractivity contribution in [1.82, 2.24) is 0 Å². The summed E-state index contributed by atoms with van der Waals surface area (Å²) in [7, 11) is -7.52. The quantitative estimate of drug-likeness (QED) is 0.344. The Labute approximate surface area is 241 Å². The second-order valence-electron chi connectivity index (χ2n) is 9.61. The van der Waals surface area contributed by atoms with Crippen molar-refractivity contribution in [3.05, 3.63) is 95.6 Å². The Hall–Kier alpha value is -2.68. The zero-order valence-electron chi connectivity index (χ0n) is 22.1. The van der Waals surface area contributed by atoms with Gasteiger partial charge in [0.2, 0.25) is 0 Å². The van der Waals surface area contributed by atoms with E-state index in [1.54, 1.807) is 36.4 Å². The molecule has 0 aliphatic carbocycles. The van der Waals surface area contributed by atoms with Gasteiger partial charge in [0.05, 0.1) is 16.4 Å². The molecular weight excluding hydrogens is 572 g/mol. The van der Waals surface area contributed by atoms with Crippen molar-refractivity contribution in [2.45, 2.75) is 68.1 Å². The van der Waals surface area contributed by atoms with Crippen molar-refractivity contribution in [3.63, 3.8) is 0 Å². The van der Waals surface area contributed by atoms with Crippen LogP contribution in [-0.4, -0.2) is 61.3 Å². The lowest BCUT2D eigenvalue weighted by Crippen LogP contribution is -2.64. The molecule has 0 aromatic heterocycles. The zero-order valence-corrected chi connectivity index (χ0v) is 23.7. The molecule has 5 rings (SSSR count). The van der Waals surface area contributed by atoms with Gasteiger partial charge in [0, 0.05) is 12.7 Å². The van der Waals surface area contributed by atoms with E-state index in [4.69, 9.17) is 27.3 Å². The summed E-state index contributed by atoms with van der Waals surface area (Å²) in [5.41, 5.74) is 2.39. The molecule has 3 aromatic rings. The van der Waals surface area contributed by atoms with Crippen molar-refractivity contribution < 1.29 is 44.1 Å². The minimum absolute atomic E-state index is 0. The van der Waals surface area contributed by atoms with E-state index in [1.165, 1.54) is 31.4 Å². The summed E-state index contributed by atoms with van der Waals surface area (Å²) < 4.78 is 88.4. The maximum atomic E-state index is 13.5. The van der Waals surface area contributed by atoms with Crippen LogP contribution in [0, 0.1) is 13.8 Å². The minimum Gasteiger partial charge on any atom is -0.353 e. The van der Waals surface area contributed by atoms with Crippen LogP contribution in [0.15, 0.2) is 88.7 Å². The van der Waals surface area contributed by atoms with Crippen LogP contribution in [0.1, 0.15) is 30.4 Å². The van der Waals surface area contributed by atoms with E-state index in [0.29, 0.717) is 5.56 Å². The average molecular weight is 607 g/mol. The summed E-state index contributed by atoms with van der Waals surface area (Å²) in [6.07, 6.45) is -7.17. The molecule has 0 saturated carbocycles. The van der Waals surface area contributed by atoms with Crippen LogP contribution in [0.5, 0.6) is 0 Å². The molecule has 1 unspecified atom stereocenters. The fourth-order valence-corrected chi connectivity index (χ4v) is 6.71. The Morgan fingerprint density at radius 3 is 1.73 bits per heavy atom. The first-order valence-electron chi connectivity index (χ1n) is 12.6. The fraction of sp³-hybridized carbons (Fsp3) is 0.379. The van der Waals surface area contributed by atoms with Crippen LogP contribution in [0.25, 0.3) is 0 Å². The highest BCUT2D eigenvalue weighted by Crippen LogP contribution is 2.38. The van der Waals surface area contributed by atoms with Gasteiger partial charge in [0.1, 0.15) is 18.3 Å². The number of rotatable bonds is 8. The monoisotopic (exact) mass is 606 g/mol. The molecule has 0 spiro atoms. The third kappa shape index (κ3) is 6.87. The first-order chi connectivity index (χ1) is 19.1. The summed E-state index contributed by atoms with van der Waals surface area (Å²) >= 11 is 0. The molecule has 2 aliphatic heterocycles. The van der Waals surface area contributed by atoms with Gasteiger partial charge < -0.3 is 18.9 Å². The van der Waals surface area contributed by atoms with Gasteiger partial charge in [-0.3, -0.25) is 8.37 Å². The van der Waals surface area contributed by atoms with Gasteiger partial charge in [-0.1, -0.05) is 73.2 Å². The van der Waals surface area contributed by atoms with E-state index in [9.17, 15) is 16.8 Å². The lowest BCUT2D eigenvalue weighted by atomic mass is 9.98. The number of methoxy groups -OCH3 is 1. The molecule has 0 bridgehead atoms. The lowest BCUT2D eigenvalue weighted by Gasteiger charge is -2.47. The van der Waals surface area contributed by atoms with Crippen LogP contribution >= 0.6 is 0 Å². The predicted octanol–water partition coefficient (Wildman–Crippen LogP) is 4.27. The van der Waals surface area contributed by atoms with E-state index in [1.807, 2.05) is 32.0 Å². The summed E-state index contributed by atoms with van der Waals surface area (Å²) in [4.78, 5) is -0.229. The summed E-state index contributed by atoms with van der Waals surface area (Å²) in [6.45, 7) is 3.65. The zero-order chi connectivity index (χ0) is 28.5. The SMILES string of the molecule is C.CO[C@H]1O[C@@H]2COC(c3ccccc3)O[C@H]2[C@@H](OS(=O)(=O)c2ccc(C)cc2)[C@@H]1OS(=O)(=O)c1ccc(C)cc1. The molecule has 2 heterocycles. The smallest absolute Gasteiger partial charge is 0.297 e. The Morgan fingerprint density at radius 2 is 1.22 bits per heavy atom. The Morgan fingerprint density at radius 1 is 0.707 bits per heavy atom. The van der Waals surface area contributed by atoms with Crippen molar-refractivity contribution in [2.24, 2.45) is 0 Å².